The SMILES string of the molecule is Cc1ccc([C@@H](CNS(=O)(=O)c2ccc3c(c2)CCCC3)N2CCOCC2)cc1. The van der Waals surface area contributed by atoms with Gasteiger partial charge in [0.25, 0.3) is 0 Å². The molecule has 4 rings (SSSR count). The maximum atomic E-state index is 13.0. The van der Waals surface area contributed by atoms with Crippen LogP contribution in [0, 0.1) is 6.92 Å². The van der Waals surface area contributed by atoms with Crippen molar-refractivity contribution in [2.75, 3.05) is 32.8 Å². The molecule has 6 heteroatoms. The van der Waals surface area contributed by atoms with Gasteiger partial charge in [0.1, 0.15) is 0 Å². The lowest BCUT2D eigenvalue weighted by atomic mass is 9.92. The summed E-state index contributed by atoms with van der Waals surface area (Å²) in [5, 5.41) is 0. The highest BCUT2D eigenvalue weighted by Gasteiger charge is 2.25. The molecule has 0 amide bonds. The summed E-state index contributed by atoms with van der Waals surface area (Å²) in [5.74, 6) is 0. The van der Waals surface area contributed by atoms with E-state index in [-0.39, 0.29) is 6.04 Å². The topological polar surface area (TPSA) is 58.6 Å². The summed E-state index contributed by atoms with van der Waals surface area (Å²) in [7, 11) is -3.55. The van der Waals surface area contributed by atoms with E-state index in [2.05, 4.69) is 40.8 Å². The maximum absolute atomic E-state index is 13.0. The summed E-state index contributed by atoms with van der Waals surface area (Å²) < 4.78 is 34.4. The van der Waals surface area contributed by atoms with Gasteiger partial charge in [0.2, 0.25) is 10.0 Å². The molecular formula is C23H30N2O3S. The molecule has 0 bridgehead atoms. The van der Waals surface area contributed by atoms with Crippen LogP contribution in [0.5, 0.6) is 0 Å². The van der Waals surface area contributed by atoms with Crippen LogP contribution in [0.1, 0.15) is 41.1 Å². The number of ether oxygens (including phenoxy) is 1. The highest BCUT2D eigenvalue weighted by Crippen LogP contribution is 2.25. The first-order valence-corrected chi connectivity index (χ1v) is 12.0. The summed E-state index contributed by atoms with van der Waals surface area (Å²) in [6.45, 7) is 5.38. The van der Waals surface area contributed by atoms with E-state index in [9.17, 15) is 8.42 Å². The third-order valence-electron chi connectivity index (χ3n) is 6.05. The minimum atomic E-state index is -3.55. The van der Waals surface area contributed by atoms with Crippen molar-refractivity contribution in [2.45, 2.75) is 43.5 Å². The van der Waals surface area contributed by atoms with Crippen LogP contribution in [0.3, 0.4) is 0 Å². The normalized spacial score (nSPS) is 18.9. The Balaban J connectivity index is 1.53. The monoisotopic (exact) mass is 414 g/mol. The second-order valence-electron chi connectivity index (χ2n) is 8.06. The van der Waals surface area contributed by atoms with Crippen molar-refractivity contribution >= 4 is 10.0 Å². The summed E-state index contributed by atoms with van der Waals surface area (Å²) in [4.78, 5) is 2.69. The van der Waals surface area contributed by atoms with Crippen molar-refractivity contribution in [1.29, 1.82) is 0 Å². The Labute approximate surface area is 174 Å². The molecule has 0 saturated carbocycles. The van der Waals surface area contributed by atoms with Crippen molar-refractivity contribution in [3.63, 3.8) is 0 Å². The molecule has 0 radical (unpaired) electrons. The van der Waals surface area contributed by atoms with Gasteiger partial charge in [-0.1, -0.05) is 35.9 Å². The van der Waals surface area contributed by atoms with E-state index in [1.807, 2.05) is 12.1 Å². The van der Waals surface area contributed by atoms with Gasteiger partial charge < -0.3 is 4.74 Å². The first-order chi connectivity index (χ1) is 14.0. The van der Waals surface area contributed by atoms with Crippen LogP contribution in [0.25, 0.3) is 0 Å². The Morgan fingerprint density at radius 3 is 2.41 bits per heavy atom. The second-order valence-corrected chi connectivity index (χ2v) is 9.83. The number of nitrogens with zero attached hydrogens (tertiary/aromatic N) is 1. The van der Waals surface area contributed by atoms with Gasteiger partial charge in [0.05, 0.1) is 18.1 Å². The Bertz CT molecular complexity index is 935. The maximum Gasteiger partial charge on any atom is 0.240 e. The highest BCUT2D eigenvalue weighted by molar-refractivity contribution is 7.89. The number of rotatable bonds is 6. The molecule has 0 spiro atoms. The fourth-order valence-corrected chi connectivity index (χ4v) is 5.37. The van der Waals surface area contributed by atoms with Gasteiger partial charge in [-0.05, 0) is 61.4 Å². The molecule has 0 unspecified atom stereocenters. The molecule has 5 nitrogen and oxygen atoms in total. The second kappa shape index (κ2) is 8.96. The molecule has 2 aromatic rings. The van der Waals surface area contributed by atoms with E-state index in [1.165, 1.54) is 23.1 Å². The molecule has 1 atom stereocenters. The average molecular weight is 415 g/mol. The molecule has 1 N–H and O–H groups in total. The predicted octanol–water partition coefficient (Wildman–Crippen LogP) is 3.23. The third-order valence-corrected chi connectivity index (χ3v) is 7.47. The van der Waals surface area contributed by atoms with Gasteiger partial charge in [0.15, 0.2) is 0 Å². The number of fused-ring (bicyclic) bond motifs is 1. The highest BCUT2D eigenvalue weighted by atomic mass is 32.2. The minimum Gasteiger partial charge on any atom is -0.379 e. The molecule has 1 saturated heterocycles. The first-order valence-electron chi connectivity index (χ1n) is 10.5. The average Bonchev–Trinajstić information content (AvgIpc) is 2.75. The number of nitrogens with one attached hydrogen (secondary N) is 1. The summed E-state index contributed by atoms with van der Waals surface area (Å²) >= 11 is 0. The Kier molecular flexibility index (Phi) is 6.35. The Hall–Kier alpha value is -1.73. The fourth-order valence-electron chi connectivity index (χ4n) is 4.28. The minimum absolute atomic E-state index is 0.00750. The van der Waals surface area contributed by atoms with Crippen LogP contribution in [-0.4, -0.2) is 46.2 Å². The Morgan fingerprint density at radius 1 is 1.00 bits per heavy atom. The van der Waals surface area contributed by atoms with Crippen LogP contribution in [0.2, 0.25) is 0 Å². The van der Waals surface area contributed by atoms with Gasteiger partial charge in [-0.3, -0.25) is 4.90 Å². The third kappa shape index (κ3) is 4.89. The van der Waals surface area contributed by atoms with E-state index < -0.39 is 10.0 Å². The molecule has 1 aliphatic carbocycles. The molecule has 29 heavy (non-hydrogen) atoms. The van der Waals surface area contributed by atoms with Gasteiger partial charge in [-0.2, -0.15) is 0 Å². The van der Waals surface area contributed by atoms with Crippen LogP contribution in [0.4, 0.5) is 0 Å². The van der Waals surface area contributed by atoms with Gasteiger partial charge >= 0.3 is 0 Å². The number of benzene rings is 2. The van der Waals surface area contributed by atoms with Crippen molar-refractivity contribution < 1.29 is 13.2 Å². The summed E-state index contributed by atoms with van der Waals surface area (Å²) in [6, 6.07) is 14.0. The number of sulfonamides is 1. The molecule has 2 aromatic carbocycles. The quantitative estimate of drug-likeness (QED) is 0.789. The number of morpholine rings is 1. The standard InChI is InChI=1S/C23H30N2O3S/c1-18-6-8-20(9-7-18)23(25-12-14-28-15-13-25)17-24-29(26,27)22-11-10-19-4-2-3-5-21(19)16-22/h6-11,16,23-24H,2-5,12-15,17H2,1H3/t23-/m1/s1. The van der Waals surface area contributed by atoms with Gasteiger partial charge in [-0.25, -0.2) is 13.1 Å². The number of hydrogen-bond donors (Lipinski definition) is 1. The van der Waals surface area contributed by atoms with E-state index in [0.29, 0.717) is 24.7 Å². The molecule has 0 aromatic heterocycles. The number of hydrogen-bond acceptors (Lipinski definition) is 4. The van der Waals surface area contributed by atoms with Gasteiger partial charge in [0, 0.05) is 25.7 Å². The van der Waals surface area contributed by atoms with Crippen LogP contribution in [-0.2, 0) is 27.6 Å². The van der Waals surface area contributed by atoms with E-state index in [4.69, 9.17) is 4.74 Å². The lowest BCUT2D eigenvalue weighted by Crippen LogP contribution is -2.43. The smallest absolute Gasteiger partial charge is 0.240 e. The molecule has 1 aliphatic heterocycles. The zero-order valence-corrected chi connectivity index (χ0v) is 17.9. The van der Waals surface area contributed by atoms with E-state index in [0.717, 1.165) is 37.9 Å². The molecule has 1 fully saturated rings. The molecule has 156 valence electrons. The molecule has 1 heterocycles. The zero-order valence-electron chi connectivity index (χ0n) is 17.1. The van der Waals surface area contributed by atoms with Crippen LogP contribution in [0.15, 0.2) is 47.4 Å². The van der Waals surface area contributed by atoms with Crippen molar-refractivity contribution in [2.24, 2.45) is 0 Å². The Morgan fingerprint density at radius 2 is 1.69 bits per heavy atom. The van der Waals surface area contributed by atoms with Crippen molar-refractivity contribution in [3.8, 4) is 0 Å². The summed E-state index contributed by atoms with van der Waals surface area (Å²) in [5.41, 5.74) is 4.80. The lowest BCUT2D eigenvalue weighted by Gasteiger charge is -2.35. The van der Waals surface area contributed by atoms with Crippen LogP contribution >= 0.6 is 0 Å². The largest absolute Gasteiger partial charge is 0.379 e. The predicted molar refractivity (Wildman–Crippen MR) is 115 cm³/mol. The molecular weight excluding hydrogens is 384 g/mol. The van der Waals surface area contributed by atoms with Crippen molar-refractivity contribution in [3.05, 3.63) is 64.7 Å². The van der Waals surface area contributed by atoms with Gasteiger partial charge in [-0.15, -0.1) is 0 Å². The van der Waals surface area contributed by atoms with Crippen LogP contribution < -0.4 is 4.72 Å². The fraction of sp³-hybridized carbons (Fsp3) is 0.478. The molecule has 2 aliphatic rings. The van der Waals surface area contributed by atoms with E-state index in [1.54, 1.807) is 6.07 Å². The van der Waals surface area contributed by atoms with E-state index >= 15 is 0 Å². The number of aryl methyl sites for hydroxylation is 3. The summed E-state index contributed by atoms with van der Waals surface area (Å²) in [6.07, 6.45) is 4.35. The van der Waals surface area contributed by atoms with Crippen molar-refractivity contribution in [1.82, 2.24) is 9.62 Å². The zero-order chi connectivity index (χ0) is 20.3. The lowest BCUT2D eigenvalue weighted by molar-refractivity contribution is 0.0172. The first kappa shape index (κ1) is 20.5.